The fraction of sp³-hybridized carbons (Fsp3) is 1.00. The fourth-order valence-electron chi connectivity index (χ4n) is 1.72. The molecule has 1 saturated heterocycles. The predicted molar refractivity (Wildman–Crippen MR) is 60.5 cm³/mol. The summed E-state index contributed by atoms with van der Waals surface area (Å²) in [5.74, 6) is 1.19. The van der Waals surface area contributed by atoms with Crippen LogP contribution in [-0.2, 0) is 9.47 Å². The maximum Gasteiger partial charge on any atom is 0.159 e. The van der Waals surface area contributed by atoms with Crippen LogP contribution in [0.4, 0.5) is 0 Å². The molecule has 1 N–H and O–H groups in total. The molecule has 1 fully saturated rings. The van der Waals surface area contributed by atoms with Crippen LogP contribution in [0.15, 0.2) is 0 Å². The Bertz CT molecular complexity index is 176. The van der Waals surface area contributed by atoms with Crippen molar-refractivity contribution in [1.29, 1.82) is 0 Å². The number of rotatable bonds is 5. The molecule has 0 aromatic heterocycles. The first-order chi connectivity index (χ1) is 6.63. The zero-order chi connectivity index (χ0) is 10.6. The predicted octanol–water partition coefficient (Wildman–Crippen LogP) is 1.83. The summed E-state index contributed by atoms with van der Waals surface area (Å²) < 4.78 is 10.4. The third-order valence-corrected chi connectivity index (χ3v) is 4.18. The summed E-state index contributed by atoms with van der Waals surface area (Å²) in [7, 11) is 3.38. The summed E-state index contributed by atoms with van der Waals surface area (Å²) in [5, 5.41) is 3.62. The SMILES string of the molecule is CCC1CSC(C)(CC(OC)OC)N1. The fourth-order valence-corrected chi connectivity index (χ4v) is 3.11. The zero-order valence-corrected chi connectivity index (χ0v) is 10.3. The summed E-state index contributed by atoms with van der Waals surface area (Å²) in [6.07, 6.45) is 1.98. The van der Waals surface area contributed by atoms with Gasteiger partial charge in [0.1, 0.15) is 0 Å². The second-order valence-electron chi connectivity index (χ2n) is 3.90. The average Bonchev–Trinajstić information content (AvgIpc) is 2.57. The first-order valence-corrected chi connectivity index (χ1v) is 6.09. The van der Waals surface area contributed by atoms with Crippen LogP contribution in [0.3, 0.4) is 0 Å². The van der Waals surface area contributed by atoms with Crippen LogP contribution in [0.1, 0.15) is 26.7 Å². The van der Waals surface area contributed by atoms with Gasteiger partial charge in [-0.1, -0.05) is 6.92 Å². The average molecular weight is 219 g/mol. The van der Waals surface area contributed by atoms with Gasteiger partial charge in [0.25, 0.3) is 0 Å². The molecule has 0 aromatic carbocycles. The van der Waals surface area contributed by atoms with E-state index in [4.69, 9.17) is 9.47 Å². The summed E-state index contributed by atoms with van der Waals surface area (Å²) in [6.45, 7) is 4.44. The van der Waals surface area contributed by atoms with E-state index in [1.807, 2.05) is 11.8 Å². The quantitative estimate of drug-likeness (QED) is 0.715. The van der Waals surface area contributed by atoms with E-state index in [1.54, 1.807) is 14.2 Å². The summed E-state index contributed by atoms with van der Waals surface area (Å²) in [5.41, 5.74) is 0. The molecular weight excluding hydrogens is 198 g/mol. The van der Waals surface area contributed by atoms with E-state index in [0.717, 1.165) is 6.42 Å². The van der Waals surface area contributed by atoms with Crippen LogP contribution in [0.5, 0.6) is 0 Å². The number of methoxy groups -OCH3 is 2. The molecule has 1 rings (SSSR count). The standard InChI is InChI=1S/C10H21NO2S/c1-5-8-7-14-10(2,11-8)6-9(12-3)13-4/h8-9,11H,5-7H2,1-4H3. The summed E-state index contributed by atoms with van der Waals surface area (Å²) in [6, 6.07) is 0.638. The lowest BCUT2D eigenvalue weighted by Crippen LogP contribution is -2.42. The van der Waals surface area contributed by atoms with Gasteiger partial charge in [0, 0.05) is 32.4 Å². The van der Waals surface area contributed by atoms with Crippen molar-refractivity contribution in [2.24, 2.45) is 0 Å². The molecule has 1 aliphatic heterocycles. The van der Waals surface area contributed by atoms with Gasteiger partial charge in [-0.25, -0.2) is 0 Å². The molecule has 0 spiro atoms. The van der Waals surface area contributed by atoms with Crippen molar-refractivity contribution < 1.29 is 9.47 Å². The number of hydrogen-bond acceptors (Lipinski definition) is 4. The second-order valence-corrected chi connectivity index (χ2v) is 5.42. The molecule has 2 atom stereocenters. The lowest BCUT2D eigenvalue weighted by molar-refractivity contribution is -0.111. The van der Waals surface area contributed by atoms with E-state index < -0.39 is 0 Å². The Kier molecular flexibility index (Phi) is 4.70. The monoisotopic (exact) mass is 219 g/mol. The molecule has 84 valence electrons. The Morgan fingerprint density at radius 2 is 2.14 bits per heavy atom. The first-order valence-electron chi connectivity index (χ1n) is 5.10. The topological polar surface area (TPSA) is 30.5 Å². The van der Waals surface area contributed by atoms with Gasteiger partial charge >= 0.3 is 0 Å². The largest absolute Gasteiger partial charge is 0.356 e. The van der Waals surface area contributed by atoms with Crippen molar-refractivity contribution in [3.05, 3.63) is 0 Å². The third-order valence-electron chi connectivity index (χ3n) is 2.69. The first kappa shape index (κ1) is 12.3. The van der Waals surface area contributed by atoms with Crippen molar-refractivity contribution in [2.75, 3.05) is 20.0 Å². The number of nitrogens with one attached hydrogen (secondary N) is 1. The molecule has 4 heteroatoms. The van der Waals surface area contributed by atoms with Crippen molar-refractivity contribution in [3.8, 4) is 0 Å². The van der Waals surface area contributed by atoms with Crippen molar-refractivity contribution >= 4 is 11.8 Å². The lowest BCUT2D eigenvalue weighted by atomic mass is 10.1. The van der Waals surface area contributed by atoms with Crippen molar-refractivity contribution in [2.45, 2.75) is 43.9 Å². The highest BCUT2D eigenvalue weighted by Gasteiger charge is 2.36. The maximum absolute atomic E-state index is 5.22. The molecule has 0 aliphatic carbocycles. The Labute approximate surface area is 90.9 Å². The Hall–Kier alpha value is 0.230. The molecule has 0 amide bonds. The molecule has 0 saturated carbocycles. The third kappa shape index (κ3) is 3.12. The molecular formula is C10H21NO2S. The van der Waals surface area contributed by atoms with Crippen LogP contribution in [0.25, 0.3) is 0 Å². The van der Waals surface area contributed by atoms with E-state index in [9.17, 15) is 0 Å². The highest BCUT2D eigenvalue weighted by Crippen LogP contribution is 2.35. The van der Waals surface area contributed by atoms with Gasteiger partial charge in [-0.2, -0.15) is 0 Å². The molecule has 0 aromatic rings. The molecule has 14 heavy (non-hydrogen) atoms. The van der Waals surface area contributed by atoms with E-state index in [1.165, 1.54) is 12.2 Å². The summed E-state index contributed by atoms with van der Waals surface area (Å²) in [4.78, 5) is 0.108. The molecule has 3 nitrogen and oxygen atoms in total. The molecule has 0 radical (unpaired) electrons. The number of thioether (sulfide) groups is 1. The van der Waals surface area contributed by atoms with Gasteiger partial charge in [0.05, 0.1) is 4.87 Å². The van der Waals surface area contributed by atoms with Gasteiger partial charge in [-0.05, 0) is 13.3 Å². The van der Waals surface area contributed by atoms with Crippen molar-refractivity contribution in [1.82, 2.24) is 5.32 Å². The van der Waals surface area contributed by atoms with Crippen LogP contribution in [0.2, 0.25) is 0 Å². The molecule has 2 unspecified atom stereocenters. The molecule has 1 aliphatic rings. The normalized spacial score (nSPS) is 32.8. The molecule has 0 bridgehead atoms. The van der Waals surface area contributed by atoms with E-state index in [0.29, 0.717) is 6.04 Å². The zero-order valence-electron chi connectivity index (χ0n) is 9.50. The van der Waals surface area contributed by atoms with Crippen LogP contribution in [0, 0.1) is 0 Å². The van der Waals surface area contributed by atoms with Crippen molar-refractivity contribution in [3.63, 3.8) is 0 Å². The lowest BCUT2D eigenvalue weighted by Gasteiger charge is -2.28. The van der Waals surface area contributed by atoms with Gasteiger partial charge in [0.15, 0.2) is 6.29 Å². The minimum atomic E-state index is -0.101. The van der Waals surface area contributed by atoms with E-state index in [2.05, 4.69) is 19.2 Å². The van der Waals surface area contributed by atoms with Gasteiger partial charge < -0.3 is 9.47 Å². The number of ether oxygens (including phenoxy) is 2. The van der Waals surface area contributed by atoms with E-state index >= 15 is 0 Å². The van der Waals surface area contributed by atoms with Gasteiger partial charge in [0.2, 0.25) is 0 Å². The Morgan fingerprint density at radius 1 is 1.50 bits per heavy atom. The van der Waals surface area contributed by atoms with E-state index in [-0.39, 0.29) is 11.2 Å². The van der Waals surface area contributed by atoms with Gasteiger partial charge in [-0.15, -0.1) is 11.8 Å². The highest BCUT2D eigenvalue weighted by molar-refractivity contribution is 8.00. The Morgan fingerprint density at radius 3 is 2.57 bits per heavy atom. The van der Waals surface area contributed by atoms with Crippen LogP contribution >= 0.6 is 11.8 Å². The number of hydrogen-bond donors (Lipinski definition) is 1. The second kappa shape index (κ2) is 5.35. The smallest absolute Gasteiger partial charge is 0.159 e. The molecule has 1 heterocycles. The minimum Gasteiger partial charge on any atom is -0.356 e. The van der Waals surface area contributed by atoms with Gasteiger partial charge in [-0.3, -0.25) is 5.32 Å². The minimum absolute atomic E-state index is 0.101. The maximum atomic E-state index is 5.22. The van der Waals surface area contributed by atoms with Crippen LogP contribution < -0.4 is 5.32 Å². The van der Waals surface area contributed by atoms with Crippen LogP contribution in [-0.4, -0.2) is 37.2 Å². The summed E-state index contributed by atoms with van der Waals surface area (Å²) >= 11 is 1.97. The Balaban J connectivity index is 2.42. The highest BCUT2D eigenvalue weighted by atomic mass is 32.2.